The lowest BCUT2D eigenvalue weighted by atomic mass is 9.85. The van der Waals surface area contributed by atoms with Gasteiger partial charge in [-0.25, -0.2) is 9.38 Å². The third-order valence-electron chi connectivity index (χ3n) is 3.66. The number of ether oxygens (including phenoxy) is 1. The topological polar surface area (TPSA) is 47.6 Å². The normalized spacial score (nSPS) is 28.7. The Bertz CT molecular complexity index is 542. The molecular weight excluding hydrogens is 299 g/mol. The van der Waals surface area contributed by atoms with Gasteiger partial charge in [-0.15, -0.1) is 0 Å². The molecule has 0 saturated heterocycles. The van der Waals surface area contributed by atoms with Gasteiger partial charge < -0.3 is 10.5 Å². The minimum Gasteiger partial charge on any atom is -0.459 e. The van der Waals surface area contributed by atoms with Crippen LogP contribution in [0.1, 0.15) is 31.7 Å². The van der Waals surface area contributed by atoms with Gasteiger partial charge in [-0.1, -0.05) is 15.9 Å². The summed E-state index contributed by atoms with van der Waals surface area (Å²) in [5, 5.41) is 0. The minimum absolute atomic E-state index is 0.167. The quantitative estimate of drug-likeness (QED) is 0.866. The van der Waals surface area contributed by atoms with Crippen LogP contribution in [0.2, 0.25) is 0 Å². The monoisotopic (exact) mass is 312 g/mol. The lowest BCUT2D eigenvalue weighted by molar-refractivity contribution is 0.0962. The fraction of sp³-hybridized carbons (Fsp3) is 0.462. The lowest BCUT2D eigenvalue weighted by Crippen LogP contribution is -2.40. The zero-order chi connectivity index (χ0) is 13.0. The predicted molar refractivity (Wildman–Crippen MR) is 70.7 cm³/mol. The molecule has 0 amide bonds. The van der Waals surface area contributed by atoms with Crippen molar-refractivity contribution in [3.8, 4) is 0 Å². The summed E-state index contributed by atoms with van der Waals surface area (Å²) in [4.78, 5) is 4.33. The molecule has 1 saturated carbocycles. The number of hydrogen-bond donors (Lipinski definition) is 1. The Kier molecular flexibility index (Phi) is 2.46. The molecule has 2 aliphatic rings. The van der Waals surface area contributed by atoms with Crippen LogP contribution in [0.4, 0.5) is 4.39 Å². The Labute approximate surface area is 113 Å². The largest absolute Gasteiger partial charge is 0.459 e. The van der Waals surface area contributed by atoms with Crippen molar-refractivity contribution < 1.29 is 9.13 Å². The molecule has 3 rings (SSSR count). The average molecular weight is 313 g/mol. The van der Waals surface area contributed by atoms with Gasteiger partial charge in [0.1, 0.15) is 11.4 Å². The van der Waals surface area contributed by atoms with E-state index in [0.717, 1.165) is 17.3 Å². The van der Waals surface area contributed by atoms with Crippen LogP contribution in [0.15, 0.2) is 27.7 Å². The predicted octanol–water partition coefficient (Wildman–Crippen LogP) is 3.07. The van der Waals surface area contributed by atoms with Crippen LogP contribution in [0.3, 0.4) is 0 Å². The van der Waals surface area contributed by atoms with Gasteiger partial charge in [0.15, 0.2) is 0 Å². The summed E-state index contributed by atoms with van der Waals surface area (Å²) >= 11 is 3.37. The van der Waals surface area contributed by atoms with Crippen LogP contribution >= 0.6 is 15.9 Å². The first-order chi connectivity index (χ1) is 8.42. The number of benzene rings is 1. The van der Waals surface area contributed by atoms with Gasteiger partial charge >= 0.3 is 0 Å². The third kappa shape index (κ3) is 1.90. The zero-order valence-electron chi connectivity index (χ0n) is 10.0. The number of amidine groups is 1. The molecule has 1 spiro atoms. The molecule has 18 heavy (non-hydrogen) atoms. The maximum Gasteiger partial charge on any atom is 0.283 e. The maximum atomic E-state index is 14.0. The second-order valence-electron chi connectivity index (χ2n) is 5.31. The van der Waals surface area contributed by atoms with Gasteiger partial charge in [-0.2, -0.15) is 0 Å². The number of rotatable bonds is 1. The van der Waals surface area contributed by atoms with Gasteiger partial charge in [0, 0.05) is 16.5 Å². The Morgan fingerprint density at radius 1 is 1.44 bits per heavy atom. The molecule has 1 fully saturated rings. The number of aliphatic imine (C=N–C) groups is 1. The smallest absolute Gasteiger partial charge is 0.283 e. The summed E-state index contributed by atoms with van der Waals surface area (Å²) in [6.07, 6.45) is 2.61. The van der Waals surface area contributed by atoms with Gasteiger partial charge in [0.05, 0.1) is 5.54 Å². The second kappa shape index (κ2) is 3.70. The molecule has 0 bridgehead atoms. The summed E-state index contributed by atoms with van der Waals surface area (Å²) < 4.78 is 20.4. The van der Waals surface area contributed by atoms with Crippen LogP contribution in [-0.2, 0) is 10.3 Å². The van der Waals surface area contributed by atoms with Crippen LogP contribution in [0.5, 0.6) is 0 Å². The van der Waals surface area contributed by atoms with Crippen molar-refractivity contribution >= 4 is 22.0 Å². The highest BCUT2D eigenvalue weighted by Crippen LogP contribution is 2.52. The van der Waals surface area contributed by atoms with E-state index >= 15 is 0 Å². The van der Waals surface area contributed by atoms with Gasteiger partial charge in [0.25, 0.3) is 6.02 Å². The van der Waals surface area contributed by atoms with E-state index in [0.29, 0.717) is 12.0 Å². The van der Waals surface area contributed by atoms with Crippen LogP contribution in [0.25, 0.3) is 0 Å². The van der Waals surface area contributed by atoms with Gasteiger partial charge in [-0.05, 0) is 38.0 Å². The molecule has 1 aliphatic heterocycles. The van der Waals surface area contributed by atoms with Crippen molar-refractivity contribution in [2.45, 2.75) is 37.3 Å². The van der Waals surface area contributed by atoms with Crippen molar-refractivity contribution in [3.63, 3.8) is 0 Å². The fourth-order valence-corrected chi connectivity index (χ4v) is 3.04. The Morgan fingerprint density at radius 3 is 2.83 bits per heavy atom. The molecule has 0 radical (unpaired) electrons. The van der Waals surface area contributed by atoms with Crippen molar-refractivity contribution in [2.24, 2.45) is 10.7 Å². The summed E-state index contributed by atoms with van der Waals surface area (Å²) in [5.41, 5.74) is 5.45. The van der Waals surface area contributed by atoms with E-state index in [2.05, 4.69) is 20.9 Å². The average Bonchev–Trinajstić information content (AvgIpc) is 2.99. The molecule has 5 heteroatoms. The second-order valence-corrected chi connectivity index (χ2v) is 6.23. The third-order valence-corrected chi connectivity index (χ3v) is 4.15. The molecule has 1 aromatic rings. The summed E-state index contributed by atoms with van der Waals surface area (Å²) in [7, 11) is 0. The van der Waals surface area contributed by atoms with E-state index in [1.165, 1.54) is 6.07 Å². The highest BCUT2D eigenvalue weighted by molar-refractivity contribution is 9.10. The molecular formula is C13H14BrFN2O. The molecule has 96 valence electrons. The van der Waals surface area contributed by atoms with Crippen molar-refractivity contribution in [3.05, 3.63) is 34.1 Å². The zero-order valence-corrected chi connectivity index (χ0v) is 11.6. The molecule has 0 unspecified atom stereocenters. The molecule has 3 nitrogen and oxygen atoms in total. The molecule has 1 aliphatic carbocycles. The molecule has 1 heterocycles. The van der Waals surface area contributed by atoms with Crippen molar-refractivity contribution in [1.82, 2.24) is 0 Å². The SMILES string of the molecule is C[C@@]1(c2cc(Br)ccc2F)CC2(CC2)OC(N)=N1. The Morgan fingerprint density at radius 2 is 2.17 bits per heavy atom. The maximum absolute atomic E-state index is 14.0. The van der Waals surface area contributed by atoms with E-state index in [-0.39, 0.29) is 17.4 Å². The summed E-state index contributed by atoms with van der Waals surface area (Å²) in [5.74, 6) is -0.255. The highest BCUT2D eigenvalue weighted by Gasteiger charge is 2.54. The first-order valence-corrected chi connectivity index (χ1v) is 6.72. The van der Waals surface area contributed by atoms with E-state index < -0.39 is 5.54 Å². The number of nitrogens with zero attached hydrogens (tertiary/aromatic N) is 1. The van der Waals surface area contributed by atoms with E-state index in [1.807, 2.05) is 6.92 Å². The van der Waals surface area contributed by atoms with Crippen LogP contribution in [-0.4, -0.2) is 11.6 Å². The molecule has 1 atom stereocenters. The van der Waals surface area contributed by atoms with Crippen LogP contribution in [0, 0.1) is 5.82 Å². The number of nitrogens with two attached hydrogens (primary N) is 1. The van der Waals surface area contributed by atoms with Gasteiger partial charge in [-0.3, -0.25) is 0 Å². The van der Waals surface area contributed by atoms with E-state index in [1.54, 1.807) is 12.1 Å². The first-order valence-electron chi connectivity index (χ1n) is 5.92. The number of halogens is 2. The van der Waals surface area contributed by atoms with Crippen LogP contribution < -0.4 is 5.73 Å². The van der Waals surface area contributed by atoms with Crippen molar-refractivity contribution in [1.29, 1.82) is 0 Å². The van der Waals surface area contributed by atoms with E-state index in [4.69, 9.17) is 10.5 Å². The lowest BCUT2D eigenvalue weighted by Gasteiger charge is -2.35. The summed E-state index contributed by atoms with van der Waals surface area (Å²) in [6.45, 7) is 1.91. The van der Waals surface area contributed by atoms with Crippen molar-refractivity contribution in [2.75, 3.05) is 0 Å². The highest BCUT2D eigenvalue weighted by atomic mass is 79.9. The summed E-state index contributed by atoms with van der Waals surface area (Å²) in [6, 6.07) is 5.07. The number of hydrogen-bond acceptors (Lipinski definition) is 3. The molecule has 0 aromatic heterocycles. The Balaban J connectivity index is 2.08. The Hall–Kier alpha value is -1.10. The van der Waals surface area contributed by atoms with Gasteiger partial charge in [0.2, 0.25) is 0 Å². The van der Waals surface area contributed by atoms with E-state index in [9.17, 15) is 4.39 Å². The molecule has 1 aromatic carbocycles. The molecule has 2 N–H and O–H groups in total. The standard InChI is InChI=1S/C13H14BrFN2O/c1-12(9-6-8(14)2-3-10(9)15)7-13(4-5-13)18-11(16)17-12/h2-3,6H,4-5,7H2,1H3,(H2,16,17)/t12-/m0/s1. The minimum atomic E-state index is -0.646. The fourth-order valence-electron chi connectivity index (χ4n) is 2.67. The first kappa shape index (κ1) is 12.0.